The van der Waals surface area contributed by atoms with E-state index in [1.165, 1.54) is 23.3 Å². The number of benzene rings is 2. The van der Waals surface area contributed by atoms with E-state index in [0.717, 1.165) is 0 Å². The van der Waals surface area contributed by atoms with Gasteiger partial charge in [-0.3, -0.25) is 20.4 Å². The zero-order chi connectivity index (χ0) is 15.2. The molecule has 4 N–H and O–H groups in total. The molecule has 0 fully saturated rings. The average Bonchev–Trinajstić information content (AvgIpc) is 2.50. The van der Waals surface area contributed by atoms with Crippen molar-refractivity contribution >= 4 is 22.6 Å². The number of carbonyl (C=O) groups excluding carboxylic acids is 2. The van der Waals surface area contributed by atoms with E-state index in [-0.39, 0.29) is 24.4 Å². The van der Waals surface area contributed by atoms with Crippen molar-refractivity contribution in [2.75, 3.05) is 6.54 Å². The lowest BCUT2D eigenvalue weighted by molar-refractivity contribution is -0.682. The van der Waals surface area contributed by atoms with E-state index in [1.807, 2.05) is 23.5 Å². The average molecular weight is 286 g/mol. The van der Waals surface area contributed by atoms with Crippen molar-refractivity contribution in [3.05, 3.63) is 48.0 Å². The molecule has 0 aliphatic carbocycles. The number of rotatable bonds is 4. The SMILES string of the molecule is CC(=O)NNC(=O)C[NH2+][C@@H](C)c1cccc2ccccc12. The Balaban J connectivity index is 2.01. The van der Waals surface area contributed by atoms with E-state index in [1.54, 1.807) is 0 Å². The minimum atomic E-state index is -0.287. The monoisotopic (exact) mass is 286 g/mol. The van der Waals surface area contributed by atoms with E-state index in [0.29, 0.717) is 0 Å². The van der Waals surface area contributed by atoms with Gasteiger partial charge in [0.2, 0.25) is 5.91 Å². The second-order valence-electron chi connectivity index (χ2n) is 5.03. The first kappa shape index (κ1) is 15.0. The Kier molecular flexibility index (Phi) is 4.90. The van der Waals surface area contributed by atoms with E-state index in [2.05, 4.69) is 42.0 Å². The predicted molar refractivity (Wildman–Crippen MR) is 81.1 cm³/mol. The zero-order valence-corrected chi connectivity index (χ0v) is 12.2. The van der Waals surface area contributed by atoms with Crippen LogP contribution >= 0.6 is 0 Å². The van der Waals surface area contributed by atoms with Crippen LogP contribution in [-0.4, -0.2) is 18.4 Å². The standard InChI is InChI=1S/C16H19N3O2/c1-11(17-10-16(21)19-18-12(2)20)14-9-5-7-13-6-3-4-8-15(13)14/h3-9,11,17H,10H2,1-2H3,(H,18,20)(H,19,21)/p+1/t11-/m0/s1. The van der Waals surface area contributed by atoms with Crippen LogP contribution in [0.3, 0.4) is 0 Å². The lowest BCUT2D eigenvalue weighted by Gasteiger charge is -2.13. The van der Waals surface area contributed by atoms with E-state index in [9.17, 15) is 9.59 Å². The van der Waals surface area contributed by atoms with Crippen molar-refractivity contribution in [3.63, 3.8) is 0 Å². The van der Waals surface area contributed by atoms with Gasteiger partial charge in [0.25, 0.3) is 5.91 Å². The number of hydrogen-bond acceptors (Lipinski definition) is 2. The van der Waals surface area contributed by atoms with Crippen molar-refractivity contribution in [3.8, 4) is 0 Å². The van der Waals surface area contributed by atoms with Crippen LogP contribution in [0.5, 0.6) is 0 Å². The molecule has 0 saturated heterocycles. The van der Waals surface area contributed by atoms with Gasteiger partial charge in [0, 0.05) is 12.5 Å². The maximum atomic E-state index is 11.6. The Hall–Kier alpha value is -2.40. The number of fused-ring (bicyclic) bond motifs is 1. The second kappa shape index (κ2) is 6.85. The highest BCUT2D eigenvalue weighted by molar-refractivity contribution is 5.86. The molecule has 0 bridgehead atoms. The van der Waals surface area contributed by atoms with E-state index >= 15 is 0 Å². The fourth-order valence-electron chi connectivity index (χ4n) is 2.27. The molecule has 2 aromatic carbocycles. The van der Waals surface area contributed by atoms with Gasteiger partial charge in [0.15, 0.2) is 6.54 Å². The molecule has 0 unspecified atom stereocenters. The van der Waals surface area contributed by atoms with Crippen molar-refractivity contribution in [1.29, 1.82) is 0 Å². The number of hydrogen-bond donors (Lipinski definition) is 3. The molecule has 0 spiro atoms. The Morgan fingerprint density at radius 1 is 1.10 bits per heavy atom. The molecule has 0 aliphatic rings. The third kappa shape index (κ3) is 4.03. The van der Waals surface area contributed by atoms with Crippen LogP contribution in [0.2, 0.25) is 0 Å². The van der Waals surface area contributed by atoms with Crippen LogP contribution in [0.4, 0.5) is 0 Å². The van der Waals surface area contributed by atoms with Crippen LogP contribution in [0.1, 0.15) is 25.5 Å². The first-order valence-corrected chi connectivity index (χ1v) is 6.94. The van der Waals surface area contributed by atoms with Gasteiger partial charge in [-0.25, -0.2) is 0 Å². The van der Waals surface area contributed by atoms with Gasteiger partial charge in [-0.1, -0.05) is 42.5 Å². The summed E-state index contributed by atoms with van der Waals surface area (Å²) >= 11 is 0. The number of nitrogens with two attached hydrogens (primary N) is 1. The van der Waals surface area contributed by atoms with Gasteiger partial charge in [-0.2, -0.15) is 0 Å². The maximum Gasteiger partial charge on any atom is 0.293 e. The van der Waals surface area contributed by atoms with Gasteiger partial charge in [0.1, 0.15) is 6.04 Å². The third-order valence-corrected chi connectivity index (χ3v) is 3.35. The summed E-state index contributed by atoms with van der Waals surface area (Å²) in [7, 11) is 0. The summed E-state index contributed by atoms with van der Waals surface area (Å²) in [5.74, 6) is -0.511. The number of amides is 2. The first-order valence-electron chi connectivity index (χ1n) is 6.94. The van der Waals surface area contributed by atoms with Crippen LogP contribution in [0.25, 0.3) is 10.8 Å². The third-order valence-electron chi connectivity index (χ3n) is 3.35. The molecule has 0 radical (unpaired) electrons. The largest absolute Gasteiger partial charge is 0.332 e. The minimum Gasteiger partial charge on any atom is -0.332 e. The Morgan fingerprint density at radius 2 is 1.81 bits per heavy atom. The van der Waals surface area contributed by atoms with Crippen LogP contribution in [0, 0.1) is 0 Å². The molecular formula is C16H20N3O2+. The maximum absolute atomic E-state index is 11.6. The van der Waals surface area contributed by atoms with Crippen molar-refractivity contribution in [2.45, 2.75) is 19.9 Å². The van der Waals surface area contributed by atoms with Gasteiger partial charge in [-0.05, 0) is 17.7 Å². The number of hydrazine groups is 1. The summed E-state index contributed by atoms with van der Waals surface area (Å²) in [5, 5.41) is 4.34. The van der Waals surface area contributed by atoms with Crippen molar-refractivity contribution in [1.82, 2.24) is 10.9 Å². The van der Waals surface area contributed by atoms with E-state index < -0.39 is 0 Å². The molecule has 2 aromatic rings. The van der Waals surface area contributed by atoms with Gasteiger partial charge in [0.05, 0.1) is 0 Å². The smallest absolute Gasteiger partial charge is 0.293 e. The van der Waals surface area contributed by atoms with Gasteiger partial charge < -0.3 is 5.32 Å². The molecule has 0 saturated carbocycles. The lowest BCUT2D eigenvalue weighted by atomic mass is 10.00. The molecular weight excluding hydrogens is 266 g/mol. The number of nitrogens with one attached hydrogen (secondary N) is 2. The summed E-state index contributed by atoms with van der Waals surface area (Å²) < 4.78 is 0. The first-order chi connectivity index (χ1) is 10.1. The summed E-state index contributed by atoms with van der Waals surface area (Å²) in [6.45, 7) is 3.67. The highest BCUT2D eigenvalue weighted by Gasteiger charge is 2.13. The van der Waals surface area contributed by atoms with Crippen LogP contribution < -0.4 is 16.2 Å². The quantitative estimate of drug-likeness (QED) is 0.721. The van der Waals surface area contributed by atoms with Gasteiger partial charge >= 0.3 is 0 Å². The minimum absolute atomic E-state index is 0.152. The zero-order valence-electron chi connectivity index (χ0n) is 12.2. The molecule has 5 heteroatoms. The molecule has 0 heterocycles. The molecule has 5 nitrogen and oxygen atoms in total. The summed E-state index contributed by atoms with van der Waals surface area (Å²) in [6, 6.07) is 14.5. The fraction of sp³-hybridized carbons (Fsp3) is 0.250. The van der Waals surface area contributed by atoms with Crippen LogP contribution in [-0.2, 0) is 9.59 Å². The molecule has 2 amide bonds. The second-order valence-corrected chi connectivity index (χ2v) is 5.03. The van der Waals surface area contributed by atoms with Crippen LogP contribution in [0.15, 0.2) is 42.5 Å². The van der Waals surface area contributed by atoms with Crippen molar-refractivity contribution in [2.24, 2.45) is 0 Å². The molecule has 0 aliphatic heterocycles. The molecule has 1 atom stereocenters. The Morgan fingerprint density at radius 3 is 2.57 bits per heavy atom. The number of carbonyl (C=O) groups is 2. The summed E-state index contributed by atoms with van der Waals surface area (Å²) in [5.41, 5.74) is 5.83. The normalized spacial score (nSPS) is 11.9. The summed E-state index contributed by atoms with van der Waals surface area (Å²) in [6.07, 6.45) is 0. The fourth-order valence-corrected chi connectivity index (χ4v) is 2.27. The van der Waals surface area contributed by atoms with E-state index in [4.69, 9.17) is 0 Å². The summed E-state index contributed by atoms with van der Waals surface area (Å²) in [4.78, 5) is 22.3. The molecule has 110 valence electrons. The predicted octanol–water partition coefficient (Wildman–Crippen LogP) is 0.632. The van der Waals surface area contributed by atoms with Crippen molar-refractivity contribution < 1.29 is 14.9 Å². The highest BCUT2D eigenvalue weighted by atomic mass is 16.2. The lowest BCUT2D eigenvalue weighted by Crippen LogP contribution is -2.87. The Bertz CT molecular complexity index is 650. The molecule has 0 aromatic heterocycles. The number of quaternary nitrogens is 1. The molecule has 2 rings (SSSR count). The Labute approximate surface area is 123 Å². The highest BCUT2D eigenvalue weighted by Crippen LogP contribution is 2.21. The van der Waals surface area contributed by atoms with Gasteiger partial charge in [-0.15, -0.1) is 0 Å². The topological polar surface area (TPSA) is 74.8 Å². The molecule has 21 heavy (non-hydrogen) atoms.